The number of piperazine rings is 1. The lowest BCUT2D eigenvalue weighted by Crippen LogP contribution is -2.49. The molecule has 2 aromatic rings. The molecule has 1 aliphatic rings. The molecule has 1 aromatic carbocycles. The fraction of sp³-hybridized carbons (Fsp3) is 0.375. The number of hydrogen-bond acceptors (Lipinski definition) is 3. The molecule has 1 aromatic heterocycles. The van der Waals surface area contributed by atoms with Crippen LogP contribution in [0.3, 0.4) is 0 Å². The number of aryl methyl sites for hydroxylation is 1. The Morgan fingerprint density at radius 1 is 1.22 bits per heavy atom. The standard InChI is InChI=1S/C16H19FN4O.ClH/c1-2-19-8-7-18-16(19)21-11-9-20(10-12-21)15(22)13-5-3-4-6-14(13)17;/h3-8H,2,9-12H2,1H3;1H. The smallest absolute Gasteiger partial charge is 0.256 e. The Morgan fingerprint density at radius 2 is 1.91 bits per heavy atom. The lowest BCUT2D eigenvalue weighted by molar-refractivity contribution is 0.0741. The van der Waals surface area contributed by atoms with Crippen LogP contribution in [-0.2, 0) is 6.54 Å². The molecular formula is C16H20ClFN4O. The molecule has 0 saturated carbocycles. The molecule has 0 aliphatic carbocycles. The van der Waals surface area contributed by atoms with E-state index in [1.54, 1.807) is 23.2 Å². The van der Waals surface area contributed by atoms with Crippen LogP contribution in [0, 0.1) is 5.82 Å². The molecule has 23 heavy (non-hydrogen) atoms. The van der Waals surface area contributed by atoms with Gasteiger partial charge in [-0.05, 0) is 19.1 Å². The number of anilines is 1. The molecule has 5 nitrogen and oxygen atoms in total. The normalized spacial score (nSPS) is 14.5. The van der Waals surface area contributed by atoms with E-state index in [1.807, 2.05) is 6.20 Å². The van der Waals surface area contributed by atoms with Crippen molar-refractivity contribution in [2.24, 2.45) is 0 Å². The van der Waals surface area contributed by atoms with Gasteiger partial charge in [-0.1, -0.05) is 12.1 Å². The predicted molar refractivity (Wildman–Crippen MR) is 89.7 cm³/mol. The van der Waals surface area contributed by atoms with E-state index in [-0.39, 0.29) is 23.9 Å². The van der Waals surface area contributed by atoms with Crippen molar-refractivity contribution in [1.82, 2.24) is 14.5 Å². The Bertz CT molecular complexity index is 668. The Morgan fingerprint density at radius 3 is 2.57 bits per heavy atom. The highest BCUT2D eigenvalue weighted by atomic mass is 35.5. The van der Waals surface area contributed by atoms with Gasteiger partial charge in [0, 0.05) is 45.1 Å². The molecule has 0 atom stereocenters. The van der Waals surface area contributed by atoms with Crippen LogP contribution in [-0.4, -0.2) is 46.5 Å². The van der Waals surface area contributed by atoms with Gasteiger partial charge in [0.1, 0.15) is 5.82 Å². The van der Waals surface area contributed by atoms with E-state index in [1.165, 1.54) is 12.1 Å². The molecule has 0 unspecified atom stereocenters. The van der Waals surface area contributed by atoms with Crippen LogP contribution in [0.25, 0.3) is 0 Å². The van der Waals surface area contributed by atoms with Crippen molar-refractivity contribution >= 4 is 24.3 Å². The summed E-state index contributed by atoms with van der Waals surface area (Å²) in [5.41, 5.74) is 0.144. The van der Waals surface area contributed by atoms with Gasteiger partial charge in [0.2, 0.25) is 5.95 Å². The number of rotatable bonds is 3. The first kappa shape index (κ1) is 17.3. The molecule has 3 rings (SSSR count). The van der Waals surface area contributed by atoms with Crippen LogP contribution in [0.1, 0.15) is 17.3 Å². The fourth-order valence-corrected chi connectivity index (χ4v) is 2.75. The van der Waals surface area contributed by atoms with Crippen molar-refractivity contribution in [1.29, 1.82) is 0 Å². The van der Waals surface area contributed by atoms with E-state index in [4.69, 9.17) is 0 Å². The summed E-state index contributed by atoms with van der Waals surface area (Å²) >= 11 is 0. The molecule has 0 N–H and O–H groups in total. The molecule has 124 valence electrons. The first-order chi connectivity index (χ1) is 10.7. The second kappa shape index (κ2) is 7.46. The van der Waals surface area contributed by atoms with Crippen LogP contribution < -0.4 is 4.90 Å². The molecule has 1 fully saturated rings. The van der Waals surface area contributed by atoms with Gasteiger partial charge in [0.15, 0.2) is 0 Å². The molecule has 2 heterocycles. The number of halogens is 2. The number of hydrogen-bond donors (Lipinski definition) is 0. The quantitative estimate of drug-likeness (QED) is 0.863. The number of nitrogens with zero attached hydrogens (tertiary/aromatic N) is 4. The van der Waals surface area contributed by atoms with Gasteiger partial charge < -0.3 is 14.4 Å². The van der Waals surface area contributed by atoms with E-state index in [0.29, 0.717) is 26.2 Å². The SMILES string of the molecule is CCn1ccnc1N1CCN(C(=O)c2ccccc2F)CC1.Cl. The summed E-state index contributed by atoms with van der Waals surface area (Å²) in [4.78, 5) is 20.6. The molecular weight excluding hydrogens is 319 g/mol. The topological polar surface area (TPSA) is 41.4 Å². The van der Waals surface area contributed by atoms with E-state index < -0.39 is 5.82 Å². The van der Waals surface area contributed by atoms with Crippen molar-refractivity contribution in [2.45, 2.75) is 13.5 Å². The van der Waals surface area contributed by atoms with Crippen molar-refractivity contribution in [3.05, 3.63) is 48.0 Å². The van der Waals surface area contributed by atoms with Crippen molar-refractivity contribution in [2.75, 3.05) is 31.1 Å². The first-order valence-electron chi connectivity index (χ1n) is 7.50. The minimum Gasteiger partial charge on any atom is -0.339 e. The van der Waals surface area contributed by atoms with Gasteiger partial charge in [-0.3, -0.25) is 4.79 Å². The lowest BCUT2D eigenvalue weighted by Gasteiger charge is -2.35. The maximum atomic E-state index is 13.7. The Kier molecular flexibility index (Phi) is 5.60. The second-order valence-corrected chi connectivity index (χ2v) is 5.27. The predicted octanol–water partition coefficient (Wildman–Crippen LogP) is 2.43. The Balaban J connectivity index is 0.00000192. The van der Waals surface area contributed by atoms with E-state index in [2.05, 4.69) is 21.4 Å². The summed E-state index contributed by atoms with van der Waals surface area (Å²) in [6.07, 6.45) is 3.74. The molecule has 1 saturated heterocycles. The highest BCUT2D eigenvalue weighted by molar-refractivity contribution is 5.94. The van der Waals surface area contributed by atoms with Gasteiger partial charge in [0.25, 0.3) is 5.91 Å². The van der Waals surface area contributed by atoms with Crippen molar-refractivity contribution < 1.29 is 9.18 Å². The molecule has 0 spiro atoms. The maximum Gasteiger partial charge on any atom is 0.256 e. The van der Waals surface area contributed by atoms with E-state index in [9.17, 15) is 9.18 Å². The largest absolute Gasteiger partial charge is 0.339 e. The van der Waals surface area contributed by atoms with Gasteiger partial charge in [-0.15, -0.1) is 12.4 Å². The minimum absolute atomic E-state index is 0. The van der Waals surface area contributed by atoms with Crippen LogP contribution in [0.5, 0.6) is 0 Å². The Hall–Kier alpha value is -2.08. The molecule has 1 aliphatic heterocycles. The Labute approximate surface area is 141 Å². The maximum absolute atomic E-state index is 13.7. The fourth-order valence-electron chi connectivity index (χ4n) is 2.75. The third kappa shape index (κ3) is 3.47. The summed E-state index contributed by atoms with van der Waals surface area (Å²) in [5, 5.41) is 0. The number of amides is 1. The average Bonchev–Trinajstić information content (AvgIpc) is 3.03. The van der Waals surface area contributed by atoms with Crippen LogP contribution in [0.2, 0.25) is 0 Å². The monoisotopic (exact) mass is 338 g/mol. The summed E-state index contributed by atoms with van der Waals surface area (Å²) in [7, 11) is 0. The van der Waals surface area contributed by atoms with Crippen molar-refractivity contribution in [3.63, 3.8) is 0 Å². The van der Waals surface area contributed by atoms with Gasteiger partial charge in [0.05, 0.1) is 5.56 Å². The van der Waals surface area contributed by atoms with Crippen LogP contribution >= 0.6 is 12.4 Å². The van der Waals surface area contributed by atoms with Gasteiger partial charge >= 0.3 is 0 Å². The lowest BCUT2D eigenvalue weighted by atomic mass is 10.1. The van der Waals surface area contributed by atoms with E-state index >= 15 is 0 Å². The number of imidazole rings is 1. The van der Waals surface area contributed by atoms with Crippen LogP contribution in [0.15, 0.2) is 36.7 Å². The number of aromatic nitrogens is 2. The van der Waals surface area contributed by atoms with E-state index in [0.717, 1.165) is 12.5 Å². The summed E-state index contributed by atoms with van der Waals surface area (Å²) in [6, 6.07) is 6.13. The number of carbonyl (C=O) groups excluding carboxylic acids is 1. The molecule has 0 radical (unpaired) electrons. The minimum atomic E-state index is -0.462. The zero-order valence-electron chi connectivity index (χ0n) is 13.0. The highest BCUT2D eigenvalue weighted by Crippen LogP contribution is 2.16. The number of carbonyl (C=O) groups is 1. The third-order valence-electron chi connectivity index (χ3n) is 3.99. The van der Waals surface area contributed by atoms with Gasteiger partial charge in [-0.2, -0.15) is 0 Å². The zero-order chi connectivity index (χ0) is 15.5. The second-order valence-electron chi connectivity index (χ2n) is 5.27. The van der Waals surface area contributed by atoms with Crippen LogP contribution in [0.4, 0.5) is 10.3 Å². The molecule has 0 bridgehead atoms. The molecule has 1 amide bonds. The summed E-state index contributed by atoms with van der Waals surface area (Å²) < 4.78 is 15.8. The highest BCUT2D eigenvalue weighted by Gasteiger charge is 2.25. The molecule has 7 heteroatoms. The summed E-state index contributed by atoms with van der Waals surface area (Å²) in [6.45, 7) is 5.49. The summed E-state index contributed by atoms with van der Waals surface area (Å²) in [5.74, 6) is 0.230. The van der Waals surface area contributed by atoms with Crippen molar-refractivity contribution in [3.8, 4) is 0 Å². The zero-order valence-corrected chi connectivity index (χ0v) is 13.8. The third-order valence-corrected chi connectivity index (χ3v) is 3.99. The number of benzene rings is 1. The average molecular weight is 339 g/mol. The first-order valence-corrected chi connectivity index (χ1v) is 7.50. The van der Waals surface area contributed by atoms with Gasteiger partial charge in [-0.25, -0.2) is 9.37 Å².